The van der Waals surface area contributed by atoms with Crippen LogP contribution in [0.3, 0.4) is 0 Å². The van der Waals surface area contributed by atoms with E-state index < -0.39 is 28.0 Å². The van der Waals surface area contributed by atoms with Crippen LogP contribution in [0.1, 0.15) is 22.8 Å². The lowest BCUT2D eigenvalue weighted by Gasteiger charge is -2.14. The molecular formula is C23H22N2O6S. The molecule has 3 aromatic carbocycles. The number of carbonyl (C=O) groups is 2. The second-order valence-electron chi connectivity index (χ2n) is 6.91. The topological polar surface area (TPSA) is 125 Å². The largest absolute Gasteiger partial charge is 0.489 e. The number of primary sulfonamides is 1. The van der Waals surface area contributed by atoms with E-state index in [1.54, 1.807) is 24.3 Å². The molecule has 3 rings (SSSR count). The average molecular weight is 455 g/mol. The third-order valence-electron chi connectivity index (χ3n) is 4.42. The van der Waals surface area contributed by atoms with Gasteiger partial charge in [-0.05, 0) is 55.0 Å². The van der Waals surface area contributed by atoms with Gasteiger partial charge in [-0.2, -0.15) is 0 Å². The second-order valence-corrected chi connectivity index (χ2v) is 8.47. The molecule has 0 spiro atoms. The normalized spacial score (nSPS) is 11.9. The number of esters is 1. The number of carbonyl (C=O) groups excluding carboxylic acids is 2. The molecular weight excluding hydrogens is 432 g/mol. The number of nitrogens with one attached hydrogen (secondary N) is 1. The van der Waals surface area contributed by atoms with Crippen LogP contribution in [0.4, 0.5) is 5.69 Å². The van der Waals surface area contributed by atoms with Crippen molar-refractivity contribution in [3.63, 3.8) is 0 Å². The number of anilines is 1. The number of rotatable bonds is 8. The fourth-order valence-corrected chi connectivity index (χ4v) is 3.22. The predicted octanol–water partition coefficient (Wildman–Crippen LogP) is 3.10. The molecule has 0 aliphatic heterocycles. The standard InChI is InChI=1S/C23H22N2O6S/c1-16(22(26)25-19-10-12-21(13-11-19)32(24,28)29)31-23(27)18-8-5-9-20(14-18)30-15-17-6-3-2-4-7-17/h2-14,16H,15H2,1H3,(H,25,26)(H2,24,28,29)/t16-/m0/s1. The van der Waals surface area contributed by atoms with Crippen LogP contribution in [0, 0.1) is 0 Å². The van der Waals surface area contributed by atoms with Crippen LogP contribution in [0.15, 0.2) is 83.8 Å². The molecule has 3 N–H and O–H groups in total. The van der Waals surface area contributed by atoms with Crippen molar-refractivity contribution in [2.24, 2.45) is 5.14 Å². The van der Waals surface area contributed by atoms with Crippen LogP contribution in [0.2, 0.25) is 0 Å². The van der Waals surface area contributed by atoms with Crippen LogP contribution >= 0.6 is 0 Å². The maximum atomic E-state index is 12.5. The number of benzene rings is 3. The van der Waals surface area contributed by atoms with Gasteiger partial charge < -0.3 is 14.8 Å². The van der Waals surface area contributed by atoms with E-state index in [1.165, 1.54) is 31.2 Å². The van der Waals surface area contributed by atoms with Gasteiger partial charge in [0, 0.05) is 5.69 Å². The second kappa shape index (κ2) is 10.1. The van der Waals surface area contributed by atoms with Gasteiger partial charge >= 0.3 is 5.97 Å². The summed E-state index contributed by atoms with van der Waals surface area (Å²) in [7, 11) is -3.83. The molecule has 0 heterocycles. The quantitative estimate of drug-likeness (QED) is 0.504. The summed E-state index contributed by atoms with van der Waals surface area (Å²) >= 11 is 0. The highest BCUT2D eigenvalue weighted by Crippen LogP contribution is 2.17. The average Bonchev–Trinajstić information content (AvgIpc) is 2.78. The number of hydrogen-bond acceptors (Lipinski definition) is 6. The first-order valence-corrected chi connectivity index (χ1v) is 11.2. The van der Waals surface area contributed by atoms with Gasteiger partial charge in [0.25, 0.3) is 5.91 Å². The summed E-state index contributed by atoms with van der Waals surface area (Å²) in [6.07, 6.45) is -1.09. The summed E-state index contributed by atoms with van der Waals surface area (Å²) in [5.41, 5.74) is 1.57. The zero-order valence-corrected chi connectivity index (χ0v) is 18.0. The zero-order valence-electron chi connectivity index (χ0n) is 17.2. The van der Waals surface area contributed by atoms with Gasteiger partial charge in [-0.1, -0.05) is 36.4 Å². The van der Waals surface area contributed by atoms with Crippen molar-refractivity contribution < 1.29 is 27.5 Å². The number of sulfonamides is 1. The summed E-state index contributed by atoms with van der Waals surface area (Å²) in [6.45, 7) is 1.78. The van der Waals surface area contributed by atoms with E-state index in [0.717, 1.165) is 5.56 Å². The Morgan fingerprint density at radius 1 is 0.969 bits per heavy atom. The molecule has 8 nitrogen and oxygen atoms in total. The number of ether oxygens (including phenoxy) is 2. The zero-order chi connectivity index (χ0) is 23.1. The molecule has 32 heavy (non-hydrogen) atoms. The van der Waals surface area contributed by atoms with Gasteiger partial charge in [0.1, 0.15) is 12.4 Å². The lowest BCUT2D eigenvalue weighted by Crippen LogP contribution is -2.30. The highest BCUT2D eigenvalue weighted by Gasteiger charge is 2.20. The first kappa shape index (κ1) is 23.0. The fourth-order valence-electron chi connectivity index (χ4n) is 2.71. The van der Waals surface area contributed by atoms with E-state index in [2.05, 4.69) is 5.32 Å². The first-order valence-electron chi connectivity index (χ1n) is 9.64. The Hall–Kier alpha value is -3.69. The Morgan fingerprint density at radius 3 is 2.31 bits per heavy atom. The van der Waals surface area contributed by atoms with Gasteiger partial charge in [-0.3, -0.25) is 4.79 Å². The lowest BCUT2D eigenvalue weighted by atomic mass is 10.2. The molecule has 0 fully saturated rings. The van der Waals surface area contributed by atoms with E-state index in [1.807, 2.05) is 30.3 Å². The molecule has 1 amide bonds. The smallest absolute Gasteiger partial charge is 0.339 e. The van der Waals surface area contributed by atoms with Gasteiger partial charge in [0.2, 0.25) is 10.0 Å². The maximum absolute atomic E-state index is 12.5. The van der Waals surface area contributed by atoms with Crippen molar-refractivity contribution in [1.82, 2.24) is 0 Å². The molecule has 0 radical (unpaired) electrons. The predicted molar refractivity (Wildman–Crippen MR) is 119 cm³/mol. The molecule has 9 heteroatoms. The van der Waals surface area contributed by atoms with E-state index in [4.69, 9.17) is 14.6 Å². The van der Waals surface area contributed by atoms with Crippen LogP contribution in [-0.4, -0.2) is 26.4 Å². The van der Waals surface area contributed by atoms with Crippen LogP contribution in [0.5, 0.6) is 5.75 Å². The molecule has 1 atom stereocenters. The number of hydrogen-bond donors (Lipinski definition) is 2. The lowest BCUT2D eigenvalue weighted by molar-refractivity contribution is -0.123. The van der Waals surface area contributed by atoms with Gasteiger partial charge in [0.05, 0.1) is 10.5 Å². The Bertz CT molecular complexity index is 1190. The number of amides is 1. The maximum Gasteiger partial charge on any atom is 0.339 e. The van der Waals surface area contributed by atoms with Gasteiger partial charge in [-0.15, -0.1) is 0 Å². The third kappa shape index (κ3) is 6.40. The van der Waals surface area contributed by atoms with Crippen molar-refractivity contribution in [1.29, 1.82) is 0 Å². The summed E-state index contributed by atoms with van der Waals surface area (Å²) in [6, 6.07) is 21.4. The fraction of sp³-hybridized carbons (Fsp3) is 0.130. The molecule has 0 aliphatic carbocycles. The summed E-state index contributed by atoms with van der Waals surface area (Å²) in [5.74, 6) is -0.754. The van der Waals surface area contributed by atoms with Crippen molar-refractivity contribution in [3.8, 4) is 5.75 Å². The van der Waals surface area contributed by atoms with E-state index >= 15 is 0 Å². The molecule has 0 aliphatic rings. The Balaban J connectivity index is 1.57. The molecule has 0 aromatic heterocycles. The van der Waals surface area contributed by atoms with Crippen LogP contribution in [0.25, 0.3) is 0 Å². The van der Waals surface area contributed by atoms with Crippen LogP contribution < -0.4 is 15.2 Å². The van der Waals surface area contributed by atoms with Crippen molar-refractivity contribution in [2.45, 2.75) is 24.5 Å². The Kier molecular flexibility index (Phi) is 7.24. The minimum Gasteiger partial charge on any atom is -0.489 e. The highest BCUT2D eigenvalue weighted by molar-refractivity contribution is 7.89. The third-order valence-corrected chi connectivity index (χ3v) is 5.35. The summed E-state index contributed by atoms with van der Waals surface area (Å²) < 4.78 is 33.5. The molecule has 166 valence electrons. The summed E-state index contributed by atoms with van der Waals surface area (Å²) in [4.78, 5) is 24.7. The summed E-state index contributed by atoms with van der Waals surface area (Å²) in [5, 5.41) is 7.59. The molecule has 0 saturated heterocycles. The molecule has 0 saturated carbocycles. The Morgan fingerprint density at radius 2 is 1.66 bits per heavy atom. The van der Waals surface area contributed by atoms with Crippen molar-refractivity contribution in [3.05, 3.63) is 90.0 Å². The molecule has 0 bridgehead atoms. The first-order chi connectivity index (χ1) is 15.2. The monoisotopic (exact) mass is 454 g/mol. The molecule has 3 aromatic rings. The molecule has 0 unspecified atom stereocenters. The van der Waals surface area contributed by atoms with E-state index in [9.17, 15) is 18.0 Å². The minimum atomic E-state index is -3.83. The van der Waals surface area contributed by atoms with Crippen molar-refractivity contribution in [2.75, 3.05) is 5.32 Å². The van der Waals surface area contributed by atoms with Crippen LogP contribution in [-0.2, 0) is 26.2 Å². The van der Waals surface area contributed by atoms with Crippen molar-refractivity contribution >= 4 is 27.6 Å². The Labute approximate surface area is 186 Å². The number of nitrogens with two attached hydrogens (primary N) is 1. The SMILES string of the molecule is C[C@H](OC(=O)c1cccc(OCc2ccccc2)c1)C(=O)Nc1ccc(S(N)(=O)=O)cc1. The van der Waals surface area contributed by atoms with E-state index in [-0.39, 0.29) is 10.5 Å². The van der Waals surface area contributed by atoms with Gasteiger partial charge in [-0.25, -0.2) is 18.4 Å². The van der Waals surface area contributed by atoms with Gasteiger partial charge in [0.15, 0.2) is 6.10 Å². The minimum absolute atomic E-state index is 0.0793. The van der Waals surface area contributed by atoms with E-state index in [0.29, 0.717) is 18.0 Å². The highest BCUT2D eigenvalue weighted by atomic mass is 32.2.